The van der Waals surface area contributed by atoms with Gasteiger partial charge in [-0.1, -0.05) is 18.2 Å². The van der Waals surface area contributed by atoms with Gasteiger partial charge >= 0.3 is 0 Å². The number of hydrogen-bond acceptors (Lipinski definition) is 3. The van der Waals surface area contributed by atoms with Gasteiger partial charge in [0.15, 0.2) is 0 Å². The maximum Gasteiger partial charge on any atom is 0.122 e. The molecular formula is C14H17N3O. The van der Waals surface area contributed by atoms with Gasteiger partial charge in [-0.05, 0) is 19.2 Å². The molecule has 1 aliphatic heterocycles. The third-order valence-electron chi connectivity index (χ3n) is 3.50. The van der Waals surface area contributed by atoms with E-state index in [1.54, 1.807) is 0 Å². The molecule has 18 heavy (non-hydrogen) atoms. The smallest absolute Gasteiger partial charge is 0.122 e. The highest BCUT2D eigenvalue weighted by atomic mass is 16.5. The summed E-state index contributed by atoms with van der Waals surface area (Å²) >= 11 is 0. The zero-order chi connectivity index (χ0) is 12.5. The van der Waals surface area contributed by atoms with E-state index in [4.69, 9.17) is 4.74 Å². The van der Waals surface area contributed by atoms with Crippen molar-refractivity contribution in [3.8, 4) is 5.75 Å². The molecule has 4 heteroatoms. The molecule has 0 aliphatic carbocycles. The number of likely N-dealkylation sites (N-methyl/N-ethyl adjacent to an activating group) is 1. The molecule has 1 N–H and O–H groups in total. The van der Waals surface area contributed by atoms with E-state index in [0.29, 0.717) is 12.5 Å². The summed E-state index contributed by atoms with van der Waals surface area (Å²) in [6.45, 7) is 0.710. The van der Waals surface area contributed by atoms with Gasteiger partial charge < -0.3 is 10.1 Å². The number of nitrogens with one attached hydrogen (secondary N) is 1. The molecule has 94 valence electrons. The molecule has 4 nitrogen and oxygen atoms in total. The monoisotopic (exact) mass is 243 g/mol. The Balaban J connectivity index is 1.95. The molecular weight excluding hydrogens is 226 g/mol. The van der Waals surface area contributed by atoms with E-state index in [1.807, 2.05) is 37.1 Å². The summed E-state index contributed by atoms with van der Waals surface area (Å²) in [7, 11) is 3.91. The van der Waals surface area contributed by atoms with E-state index in [9.17, 15) is 0 Å². The Kier molecular flexibility index (Phi) is 2.80. The Morgan fingerprint density at radius 2 is 2.22 bits per heavy atom. The van der Waals surface area contributed by atoms with E-state index in [2.05, 4.69) is 28.6 Å². The van der Waals surface area contributed by atoms with Crippen molar-refractivity contribution in [1.29, 1.82) is 0 Å². The van der Waals surface area contributed by atoms with Crippen LogP contribution < -0.4 is 10.1 Å². The summed E-state index contributed by atoms with van der Waals surface area (Å²) < 4.78 is 7.58. The van der Waals surface area contributed by atoms with E-state index < -0.39 is 0 Å². The molecule has 1 aromatic carbocycles. The Hall–Kier alpha value is -1.81. The number of aromatic nitrogens is 2. The Labute approximate surface area is 107 Å². The number of nitrogens with zero attached hydrogens (tertiary/aromatic N) is 2. The van der Waals surface area contributed by atoms with Crippen LogP contribution >= 0.6 is 0 Å². The Morgan fingerprint density at radius 3 is 2.94 bits per heavy atom. The van der Waals surface area contributed by atoms with E-state index in [1.165, 1.54) is 5.56 Å². The second kappa shape index (κ2) is 4.46. The van der Waals surface area contributed by atoms with Gasteiger partial charge in [-0.25, -0.2) is 0 Å². The summed E-state index contributed by atoms with van der Waals surface area (Å²) in [5, 5.41) is 7.86. The van der Waals surface area contributed by atoms with Gasteiger partial charge in [0.2, 0.25) is 0 Å². The van der Waals surface area contributed by atoms with Crippen molar-refractivity contribution in [1.82, 2.24) is 15.1 Å². The first-order valence-corrected chi connectivity index (χ1v) is 6.18. The summed E-state index contributed by atoms with van der Waals surface area (Å²) in [5.41, 5.74) is 2.33. The zero-order valence-electron chi connectivity index (χ0n) is 10.6. The minimum atomic E-state index is 0.190. The molecule has 2 unspecified atom stereocenters. The number of fused-ring (bicyclic) bond motifs is 1. The summed E-state index contributed by atoms with van der Waals surface area (Å²) in [6, 6.07) is 10.5. The lowest BCUT2D eigenvalue weighted by molar-refractivity contribution is 0.302. The predicted molar refractivity (Wildman–Crippen MR) is 69.7 cm³/mol. The minimum absolute atomic E-state index is 0.190. The molecule has 2 aromatic rings. The topological polar surface area (TPSA) is 39.1 Å². The average Bonchev–Trinajstić information content (AvgIpc) is 2.98. The first kappa shape index (κ1) is 11.3. The molecule has 3 rings (SSSR count). The number of rotatable bonds is 3. The van der Waals surface area contributed by atoms with Gasteiger partial charge in [0.1, 0.15) is 5.75 Å². The highest BCUT2D eigenvalue weighted by Crippen LogP contribution is 2.40. The average molecular weight is 243 g/mol. The van der Waals surface area contributed by atoms with Crippen molar-refractivity contribution in [2.75, 3.05) is 13.7 Å². The van der Waals surface area contributed by atoms with Crippen LogP contribution in [0.4, 0.5) is 0 Å². The molecule has 0 amide bonds. The molecule has 0 spiro atoms. The van der Waals surface area contributed by atoms with Crippen LogP contribution in [0.25, 0.3) is 0 Å². The highest BCUT2D eigenvalue weighted by molar-refractivity contribution is 5.41. The van der Waals surface area contributed by atoms with Crippen LogP contribution in [0.1, 0.15) is 23.2 Å². The standard InChI is InChI=1S/C14H17N3O/c1-15-14(12-7-8-17(2)16-12)11-9-18-13-6-4-3-5-10(11)13/h3-8,11,14-15H,9H2,1-2H3. The van der Waals surface area contributed by atoms with Crippen molar-refractivity contribution >= 4 is 0 Å². The van der Waals surface area contributed by atoms with Crippen molar-refractivity contribution in [2.24, 2.45) is 7.05 Å². The Morgan fingerprint density at radius 1 is 1.39 bits per heavy atom. The van der Waals surface area contributed by atoms with Gasteiger partial charge in [0, 0.05) is 24.7 Å². The number of hydrogen-bond donors (Lipinski definition) is 1. The van der Waals surface area contributed by atoms with Crippen LogP contribution in [0.5, 0.6) is 5.75 Å². The van der Waals surface area contributed by atoms with Crippen LogP contribution in [-0.4, -0.2) is 23.4 Å². The molecule has 2 atom stereocenters. The normalized spacial score (nSPS) is 19.3. The van der Waals surface area contributed by atoms with Crippen molar-refractivity contribution < 1.29 is 4.74 Å². The summed E-state index contributed by atoms with van der Waals surface area (Å²) in [4.78, 5) is 0. The summed E-state index contributed by atoms with van der Waals surface area (Å²) in [5.74, 6) is 1.32. The second-order valence-corrected chi connectivity index (χ2v) is 4.64. The zero-order valence-corrected chi connectivity index (χ0v) is 10.6. The van der Waals surface area contributed by atoms with Gasteiger partial charge in [0.25, 0.3) is 0 Å². The number of aryl methyl sites for hydroxylation is 1. The maximum atomic E-state index is 5.75. The van der Waals surface area contributed by atoms with Gasteiger partial charge in [-0.3, -0.25) is 4.68 Å². The van der Waals surface area contributed by atoms with E-state index in [0.717, 1.165) is 11.4 Å². The van der Waals surface area contributed by atoms with E-state index in [-0.39, 0.29) is 6.04 Å². The lowest BCUT2D eigenvalue weighted by atomic mass is 9.91. The third-order valence-corrected chi connectivity index (χ3v) is 3.50. The number of para-hydroxylation sites is 1. The molecule has 0 fully saturated rings. The van der Waals surface area contributed by atoms with Crippen molar-refractivity contribution in [3.05, 3.63) is 47.8 Å². The van der Waals surface area contributed by atoms with Crippen LogP contribution in [-0.2, 0) is 7.05 Å². The second-order valence-electron chi connectivity index (χ2n) is 4.64. The van der Waals surface area contributed by atoms with Gasteiger partial charge in [-0.2, -0.15) is 5.10 Å². The molecule has 1 aromatic heterocycles. The van der Waals surface area contributed by atoms with E-state index >= 15 is 0 Å². The van der Waals surface area contributed by atoms with Crippen LogP contribution in [0.2, 0.25) is 0 Å². The number of benzene rings is 1. The molecule has 0 saturated heterocycles. The van der Waals surface area contributed by atoms with Crippen LogP contribution in [0.3, 0.4) is 0 Å². The largest absolute Gasteiger partial charge is 0.493 e. The van der Waals surface area contributed by atoms with Gasteiger partial charge in [-0.15, -0.1) is 0 Å². The molecule has 1 aliphatic rings. The molecule has 2 heterocycles. The SMILES string of the molecule is CNC(c1ccn(C)n1)C1COc2ccccc21. The minimum Gasteiger partial charge on any atom is -0.493 e. The van der Waals surface area contributed by atoms with Crippen molar-refractivity contribution in [2.45, 2.75) is 12.0 Å². The predicted octanol–water partition coefficient (Wildman–Crippen LogP) is 1.86. The highest BCUT2D eigenvalue weighted by Gasteiger charge is 2.32. The molecule has 0 bridgehead atoms. The third kappa shape index (κ3) is 1.78. The summed E-state index contributed by atoms with van der Waals surface area (Å²) in [6.07, 6.45) is 1.97. The quantitative estimate of drug-likeness (QED) is 0.894. The number of ether oxygens (including phenoxy) is 1. The fourth-order valence-corrected chi connectivity index (χ4v) is 2.62. The Bertz CT molecular complexity index is 549. The fraction of sp³-hybridized carbons (Fsp3) is 0.357. The van der Waals surface area contributed by atoms with Crippen LogP contribution in [0, 0.1) is 0 Å². The lowest BCUT2D eigenvalue weighted by Gasteiger charge is -2.20. The molecule has 0 radical (unpaired) electrons. The van der Waals surface area contributed by atoms with Gasteiger partial charge in [0.05, 0.1) is 18.3 Å². The maximum absolute atomic E-state index is 5.75. The lowest BCUT2D eigenvalue weighted by Crippen LogP contribution is -2.25. The first-order valence-electron chi connectivity index (χ1n) is 6.18. The van der Waals surface area contributed by atoms with Crippen molar-refractivity contribution in [3.63, 3.8) is 0 Å². The first-order chi connectivity index (χ1) is 8.79. The fourth-order valence-electron chi connectivity index (χ4n) is 2.62. The molecule has 0 saturated carbocycles. The van der Waals surface area contributed by atoms with Crippen LogP contribution in [0.15, 0.2) is 36.5 Å².